The van der Waals surface area contributed by atoms with Gasteiger partial charge in [-0.2, -0.15) is 0 Å². The summed E-state index contributed by atoms with van der Waals surface area (Å²) in [6.07, 6.45) is 10.6. The number of amides is 1. The molecule has 0 spiro atoms. The molecule has 0 radical (unpaired) electrons. The molecule has 1 heterocycles. The van der Waals surface area contributed by atoms with Crippen molar-refractivity contribution in [2.24, 2.45) is 4.99 Å². The number of hydrogen-bond acceptors (Lipinski definition) is 3. The third-order valence-electron chi connectivity index (χ3n) is 5.49. The number of likely N-dealkylation sites (tertiary alicyclic amines) is 1. The summed E-state index contributed by atoms with van der Waals surface area (Å²) < 4.78 is 0. The van der Waals surface area contributed by atoms with Crippen LogP contribution < -0.4 is 16.0 Å². The third kappa shape index (κ3) is 6.17. The smallest absolute Gasteiger partial charge is 0.241 e. The summed E-state index contributed by atoms with van der Waals surface area (Å²) in [7, 11) is 0. The predicted octanol–water partition coefficient (Wildman–Crippen LogP) is 1.87. The van der Waals surface area contributed by atoms with E-state index in [-0.39, 0.29) is 18.0 Å². The molecule has 1 aliphatic carbocycles. The van der Waals surface area contributed by atoms with Gasteiger partial charge in [-0.1, -0.05) is 25.7 Å². The van der Waals surface area contributed by atoms with Crippen molar-refractivity contribution in [1.82, 2.24) is 20.9 Å². The molecule has 25 heavy (non-hydrogen) atoms. The molecule has 0 aromatic heterocycles. The van der Waals surface area contributed by atoms with Crippen LogP contribution in [0.3, 0.4) is 0 Å². The second kappa shape index (κ2) is 10.6. The second-order valence-electron chi connectivity index (χ2n) is 7.33. The number of piperidine rings is 1. The minimum Gasteiger partial charge on any atom is -0.357 e. The number of carbonyl (C=O) groups excluding carboxylic acids is 1. The number of guanidine groups is 1. The molecule has 0 atom stereocenters. The van der Waals surface area contributed by atoms with E-state index in [2.05, 4.69) is 32.8 Å². The first-order valence-electron chi connectivity index (χ1n) is 10.2. The standard InChI is InChI=1S/C19H37N5O/c1-3-20-17(25)15-22-18(21-4-2)23-16-19(11-7-5-8-12-19)24-13-9-6-10-14-24/h3-16H2,1-2H3,(H,20,25)(H2,21,22,23). The van der Waals surface area contributed by atoms with Gasteiger partial charge in [0.2, 0.25) is 5.91 Å². The molecule has 1 amide bonds. The van der Waals surface area contributed by atoms with E-state index in [9.17, 15) is 4.79 Å². The molecule has 0 unspecified atom stereocenters. The van der Waals surface area contributed by atoms with Crippen molar-refractivity contribution in [2.45, 2.75) is 70.8 Å². The number of nitrogens with one attached hydrogen (secondary N) is 3. The minimum absolute atomic E-state index is 0.0249. The molecule has 1 saturated heterocycles. The van der Waals surface area contributed by atoms with Crippen LogP contribution in [0.25, 0.3) is 0 Å². The van der Waals surface area contributed by atoms with E-state index < -0.39 is 0 Å². The number of nitrogens with zero attached hydrogens (tertiary/aromatic N) is 2. The van der Waals surface area contributed by atoms with Gasteiger partial charge in [0.15, 0.2) is 5.96 Å². The molecule has 144 valence electrons. The number of carbonyl (C=O) groups is 1. The van der Waals surface area contributed by atoms with Gasteiger partial charge in [-0.25, -0.2) is 4.99 Å². The summed E-state index contributed by atoms with van der Waals surface area (Å²) in [5.74, 6) is 0.735. The van der Waals surface area contributed by atoms with Crippen LogP contribution in [0.1, 0.15) is 65.2 Å². The van der Waals surface area contributed by atoms with Crippen LogP contribution >= 0.6 is 0 Å². The number of aliphatic imine (C=N–C) groups is 1. The van der Waals surface area contributed by atoms with Crippen LogP contribution in [-0.4, -0.2) is 61.6 Å². The normalized spacial score (nSPS) is 21.6. The fraction of sp³-hybridized carbons (Fsp3) is 0.895. The first-order valence-corrected chi connectivity index (χ1v) is 10.2. The monoisotopic (exact) mass is 351 g/mol. The van der Waals surface area contributed by atoms with Crippen LogP contribution in [-0.2, 0) is 4.79 Å². The number of rotatable bonds is 7. The van der Waals surface area contributed by atoms with Gasteiger partial charge in [0.05, 0.1) is 0 Å². The Bertz CT molecular complexity index is 426. The van der Waals surface area contributed by atoms with E-state index in [1.54, 1.807) is 0 Å². The molecule has 1 aliphatic heterocycles. The first kappa shape index (κ1) is 20.0. The topological polar surface area (TPSA) is 68.8 Å². The molecule has 6 heteroatoms. The Balaban J connectivity index is 1.98. The van der Waals surface area contributed by atoms with Gasteiger partial charge in [-0.05, 0) is 52.6 Å². The Hall–Kier alpha value is -1.30. The Kier molecular flexibility index (Phi) is 8.52. The van der Waals surface area contributed by atoms with Crippen LogP contribution in [0.4, 0.5) is 0 Å². The average Bonchev–Trinajstić information content (AvgIpc) is 2.66. The van der Waals surface area contributed by atoms with E-state index in [1.807, 2.05) is 6.92 Å². The van der Waals surface area contributed by atoms with Crippen molar-refractivity contribution in [3.05, 3.63) is 0 Å². The Labute approximate surface area is 153 Å². The largest absolute Gasteiger partial charge is 0.357 e. The Morgan fingerprint density at radius 3 is 2.20 bits per heavy atom. The van der Waals surface area contributed by atoms with Gasteiger partial charge in [0.1, 0.15) is 6.54 Å². The number of hydrogen-bond donors (Lipinski definition) is 3. The highest BCUT2D eigenvalue weighted by Crippen LogP contribution is 2.35. The van der Waals surface area contributed by atoms with Crippen molar-refractivity contribution >= 4 is 11.9 Å². The van der Waals surface area contributed by atoms with Crippen molar-refractivity contribution in [2.75, 3.05) is 39.3 Å². The number of likely N-dealkylation sites (N-methyl/N-ethyl adjacent to an activating group) is 1. The maximum atomic E-state index is 11.7. The molecule has 2 aliphatic rings. The maximum Gasteiger partial charge on any atom is 0.241 e. The lowest BCUT2D eigenvalue weighted by Crippen LogP contribution is -2.59. The first-order chi connectivity index (χ1) is 12.2. The van der Waals surface area contributed by atoms with Crippen LogP contribution in [0.5, 0.6) is 0 Å². The second-order valence-corrected chi connectivity index (χ2v) is 7.33. The highest BCUT2D eigenvalue weighted by Gasteiger charge is 2.38. The van der Waals surface area contributed by atoms with E-state index >= 15 is 0 Å². The lowest BCUT2D eigenvalue weighted by atomic mass is 9.79. The Morgan fingerprint density at radius 2 is 1.56 bits per heavy atom. The highest BCUT2D eigenvalue weighted by molar-refractivity contribution is 5.84. The van der Waals surface area contributed by atoms with Gasteiger partial charge in [-0.15, -0.1) is 0 Å². The van der Waals surface area contributed by atoms with Crippen LogP contribution in [0.15, 0.2) is 4.99 Å². The lowest BCUT2D eigenvalue weighted by Gasteiger charge is -2.48. The molecular weight excluding hydrogens is 314 g/mol. The van der Waals surface area contributed by atoms with E-state index in [4.69, 9.17) is 0 Å². The minimum atomic E-state index is -0.0249. The van der Waals surface area contributed by atoms with Gasteiger partial charge >= 0.3 is 0 Å². The molecule has 6 nitrogen and oxygen atoms in total. The summed E-state index contributed by atoms with van der Waals surface area (Å²) in [6, 6.07) is 0. The van der Waals surface area contributed by atoms with Crippen LogP contribution in [0.2, 0.25) is 0 Å². The predicted molar refractivity (Wildman–Crippen MR) is 104 cm³/mol. The van der Waals surface area contributed by atoms with Crippen molar-refractivity contribution in [3.63, 3.8) is 0 Å². The van der Waals surface area contributed by atoms with Gasteiger partial charge < -0.3 is 16.0 Å². The van der Waals surface area contributed by atoms with Gasteiger partial charge in [0.25, 0.3) is 0 Å². The molecular formula is C19H37N5O. The lowest BCUT2D eigenvalue weighted by molar-refractivity contribution is -0.119. The molecule has 0 bridgehead atoms. The molecule has 0 aromatic carbocycles. The maximum absolute atomic E-state index is 11.7. The zero-order valence-corrected chi connectivity index (χ0v) is 16.2. The van der Waals surface area contributed by atoms with Crippen molar-refractivity contribution in [3.8, 4) is 0 Å². The molecule has 3 N–H and O–H groups in total. The Morgan fingerprint density at radius 1 is 0.920 bits per heavy atom. The van der Waals surface area contributed by atoms with Gasteiger partial charge in [0, 0.05) is 25.2 Å². The van der Waals surface area contributed by atoms with Crippen LogP contribution in [0, 0.1) is 0 Å². The van der Waals surface area contributed by atoms with E-state index in [1.165, 1.54) is 64.5 Å². The summed E-state index contributed by atoms with van der Waals surface area (Å²) in [5, 5.41) is 9.62. The zero-order chi connectivity index (χ0) is 18.0. The SMILES string of the molecule is CCNC(=O)CN=C(NCC)NCC1(N2CCCCC2)CCCCC1. The zero-order valence-electron chi connectivity index (χ0n) is 16.2. The van der Waals surface area contributed by atoms with Crippen molar-refractivity contribution in [1.29, 1.82) is 0 Å². The van der Waals surface area contributed by atoms with E-state index in [0.717, 1.165) is 19.0 Å². The summed E-state index contributed by atoms with van der Waals surface area (Å²) in [4.78, 5) is 18.9. The quantitative estimate of drug-likeness (QED) is 0.484. The van der Waals surface area contributed by atoms with E-state index in [0.29, 0.717) is 6.54 Å². The molecule has 1 saturated carbocycles. The van der Waals surface area contributed by atoms with Crippen molar-refractivity contribution < 1.29 is 4.79 Å². The summed E-state index contributed by atoms with van der Waals surface area (Å²) in [6.45, 7) is 9.01. The van der Waals surface area contributed by atoms with Gasteiger partial charge in [-0.3, -0.25) is 9.69 Å². The fourth-order valence-electron chi connectivity index (χ4n) is 4.18. The summed E-state index contributed by atoms with van der Waals surface area (Å²) in [5.41, 5.74) is 0.264. The third-order valence-corrected chi connectivity index (χ3v) is 5.49. The molecule has 2 rings (SSSR count). The molecule has 2 fully saturated rings. The highest BCUT2D eigenvalue weighted by atomic mass is 16.1. The average molecular weight is 352 g/mol. The molecule has 0 aromatic rings. The fourth-order valence-corrected chi connectivity index (χ4v) is 4.18. The summed E-state index contributed by atoms with van der Waals surface area (Å²) >= 11 is 0.